The van der Waals surface area contributed by atoms with Gasteiger partial charge in [0.1, 0.15) is 0 Å². The van der Waals surface area contributed by atoms with Gasteiger partial charge in [0.15, 0.2) is 0 Å². The van der Waals surface area contributed by atoms with E-state index in [1.165, 1.54) is 0 Å². The molecular weight excluding hydrogens is 216 g/mol. The zero-order chi connectivity index (χ0) is 12.8. The lowest BCUT2D eigenvalue weighted by Gasteiger charge is -2.22. The Labute approximate surface area is 101 Å². The number of hydrogen-bond acceptors (Lipinski definition) is 4. The van der Waals surface area contributed by atoms with Crippen molar-refractivity contribution in [3.8, 4) is 6.07 Å². The van der Waals surface area contributed by atoms with Gasteiger partial charge in [0.25, 0.3) is 0 Å². The highest BCUT2D eigenvalue weighted by atomic mass is 16.1. The smallest absolute Gasteiger partial charge is 0.231 e. The molecule has 0 fully saturated rings. The Balaban J connectivity index is 2.75. The number of nitrogen functional groups attached to an aromatic ring is 1. The van der Waals surface area contributed by atoms with Crippen molar-refractivity contribution >= 4 is 11.6 Å². The number of benzene rings is 1. The van der Waals surface area contributed by atoms with E-state index in [2.05, 4.69) is 6.07 Å². The van der Waals surface area contributed by atoms with Crippen LogP contribution in [0.3, 0.4) is 0 Å². The maximum Gasteiger partial charge on any atom is 0.231 e. The van der Waals surface area contributed by atoms with Crippen molar-refractivity contribution in [1.29, 1.82) is 5.26 Å². The monoisotopic (exact) mass is 232 g/mol. The lowest BCUT2D eigenvalue weighted by atomic mass is 10.1. The molecule has 1 rings (SSSR count). The molecule has 1 amide bonds. The highest BCUT2D eigenvalue weighted by molar-refractivity contribution is 5.76. The molecule has 0 aliphatic carbocycles. The molecule has 0 aromatic heterocycles. The molecule has 0 radical (unpaired) electrons. The standard InChI is InChI=1S/C12H16N4O/c1-9(6-13)16(8-12(15)17)7-10-2-4-11(14)5-3-10/h2-5,9H,7-8,14H2,1H3,(H2,15,17). The minimum absolute atomic E-state index is 0.0686. The number of nitrogens with two attached hydrogens (primary N) is 2. The third kappa shape index (κ3) is 4.13. The third-order valence-electron chi connectivity index (χ3n) is 2.46. The fraction of sp³-hybridized carbons (Fsp3) is 0.333. The van der Waals surface area contributed by atoms with Crippen LogP contribution in [0.15, 0.2) is 24.3 Å². The fourth-order valence-corrected chi connectivity index (χ4v) is 1.47. The first-order valence-corrected chi connectivity index (χ1v) is 5.29. The zero-order valence-corrected chi connectivity index (χ0v) is 9.76. The number of hydrogen-bond donors (Lipinski definition) is 2. The van der Waals surface area contributed by atoms with Gasteiger partial charge >= 0.3 is 0 Å². The SMILES string of the molecule is CC(C#N)N(CC(N)=O)Cc1ccc(N)cc1. The number of amides is 1. The molecule has 4 N–H and O–H groups in total. The Morgan fingerprint density at radius 1 is 1.47 bits per heavy atom. The Kier molecular flexibility index (Phi) is 4.49. The summed E-state index contributed by atoms with van der Waals surface area (Å²) in [6.45, 7) is 2.30. The van der Waals surface area contributed by atoms with E-state index < -0.39 is 5.91 Å². The predicted octanol–water partition coefficient (Wildman–Crippen LogP) is 0.468. The molecule has 1 aromatic carbocycles. The van der Waals surface area contributed by atoms with Crippen LogP contribution in [0.4, 0.5) is 5.69 Å². The van der Waals surface area contributed by atoms with Gasteiger partial charge < -0.3 is 11.5 Å². The van der Waals surface area contributed by atoms with Crippen LogP contribution in [0.25, 0.3) is 0 Å². The van der Waals surface area contributed by atoms with E-state index in [-0.39, 0.29) is 12.6 Å². The van der Waals surface area contributed by atoms with Gasteiger partial charge in [-0.25, -0.2) is 0 Å². The largest absolute Gasteiger partial charge is 0.399 e. The van der Waals surface area contributed by atoms with Crippen LogP contribution in [0, 0.1) is 11.3 Å². The quantitative estimate of drug-likeness (QED) is 0.721. The summed E-state index contributed by atoms with van der Waals surface area (Å²) in [5, 5.41) is 8.88. The highest BCUT2D eigenvalue weighted by Gasteiger charge is 2.15. The number of anilines is 1. The van der Waals surface area contributed by atoms with Crippen molar-refractivity contribution in [3.63, 3.8) is 0 Å². The van der Waals surface area contributed by atoms with Gasteiger partial charge in [-0.05, 0) is 24.6 Å². The minimum atomic E-state index is -0.442. The summed E-state index contributed by atoms with van der Waals surface area (Å²) >= 11 is 0. The third-order valence-corrected chi connectivity index (χ3v) is 2.46. The molecule has 1 atom stereocenters. The lowest BCUT2D eigenvalue weighted by molar-refractivity contribution is -0.119. The summed E-state index contributed by atoms with van der Waals surface area (Å²) in [6, 6.07) is 9.04. The van der Waals surface area contributed by atoms with E-state index in [1.807, 2.05) is 12.1 Å². The van der Waals surface area contributed by atoms with Crippen LogP contribution in [0.2, 0.25) is 0 Å². The topological polar surface area (TPSA) is 96.1 Å². The van der Waals surface area contributed by atoms with Gasteiger partial charge in [0.05, 0.1) is 18.7 Å². The number of carbonyl (C=O) groups is 1. The van der Waals surface area contributed by atoms with E-state index in [0.29, 0.717) is 12.2 Å². The van der Waals surface area contributed by atoms with Crippen LogP contribution in [0.5, 0.6) is 0 Å². The van der Waals surface area contributed by atoms with Gasteiger partial charge in [0.2, 0.25) is 5.91 Å². The van der Waals surface area contributed by atoms with Crippen molar-refractivity contribution < 1.29 is 4.79 Å². The first-order chi connectivity index (χ1) is 8.02. The van der Waals surface area contributed by atoms with Crippen LogP contribution < -0.4 is 11.5 Å². The molecule has 0 saturated heterocycles. The second-order valence-electron chi connectivity index (χ2n) is 3.92. The molecule has 90 valence electrons. The molecular formula is C12H16N4O. The second-order valence-corrected chi connectivity index (χ2v) is 3.92. The van der Waals surface area contributed by atoms with Crippen molar-refractivity contribution in [3.05, 3.63) is 29.8 Å². The normalized spacial score (nSPS) is 12.1. The van der Waals surface area contributed by atoms with E-state index in [0.717, 1.165) is 5.56 Å². The minimum Gasteiger partial charge on any atom is -0.399 e. The average Bonchev–Trinajstić information content (AvgIpc) is 2.29. The van der Waals surface area contributed by atoms with Gasteiger partial charge in [-0.2, -0.15) is 5.26 Å². The summed E-state index contributed by atoms with van der Waals surface area (Å²) in [6.07, 6.45) is 0. The second kappa shape index (κ2) is 5.87. The Hall–Kier alpha value is -2.06. The maximum absolute atomic E-state index is 10.9. The van der Waals surface area contributed by atoms with E-state index in [1.54, 1.807) is 24.0 Å². The van der Waals surface area contributed by atoms with Crippen molar-refractivity contribution in [2.45, 2.75) is 19.5 Å². The van der Waals surface area contributed by atoms with E-state index in [4.69, 9.17) is 16.7 Å². The molecule has 5 heteroatoms. The van der Waals surface area contributed by atoms with Gasteiger partial charge in [-0.3, -0.25) is 9.69 Å². The molecule has 1 aromatic rings. The number of nitrogens with zero attached hydrogens (tertiary/aromatic N) is 2. The summed E-state index contributed by atoms with van der Waals surface area (Å²) in [7, 11) is 0. The Morgan fingerprint density at radius 3 is 2.53 bits per heavy atom. The summed E-state index contributed by atoms with van der Waals surface area (Å²) in [5.74, 6) is -0.442. The Morgan fingerprint density at radius 2 is 2.06 bits per heavy atom. The van der Waals surface area contributed by atoms with Gasteiger partial charge in [-0.1, -0.05) is 12.1 Å². The molecule has 5 nitrogen and oxygen atoms in total. The molecule has 0 saturated carbocycles. The molecule has 0 heterocycles. The van der Waals surface area contributed by atoms with Crippen molar-refractivity contribution in [2.75, 3.05) is 12.3 Å². The summed E-state index contributed by atoms with van der Waals surface area (Å²) in [5.41, 5.74) is 12.4. The average molecular weight is 232 g/mol. The van der Waals surface area contributed by atoms with E-state index >= 15 is 0 Å². The zero-order valence-electron chi connectivity index (χ0n) is 9.76. The molecule has 0 aliphatic rings. The summed E-state index contributed by atoms with van der Waals surface area (Å²) in [4.78, 5) is 12.6. The molecule has 17 heavy (non-hydrogen) atoms. The first-order valence-electron chi connectivity index (χ1n) is 5.29. The molecule has 0 bridgehead atoms. The lowest BCUT2D eigenvalue weighted by Crippen LogP contribution is -2.38. The maximum atomic E-state index is 10.9. The van der Waals surface area contributed by atoms with Crippen molar-refractivity contribution in [2.24, 2.45) is 5.73 Å². The van der Waals surface area contributed by atoms with Crippen molar-refractivity contribution in [1.82, 2.24) is 4.90 Å². The molecule has 1 unspecified atom stereocenters. The summed E-state index contributed by atoms with van der Waals surface area (Å²) < 4.78 is 0. The fourth-order valence-electron chi connectivity index (χ4n) is 1.47. The van der Waals surface area contributed by atoms with Gasteiger partial charge in [0, 0.05) is 12.2 Å². The first kappa shape index (κ1) is 13.0. The number of primary amides is 1. The predicted molar refractivity (Wildman–Crippen MR) is 65.5 cm³/mol. The van der Waals surface area contributed by atoms with Crippen LogP contribution in [-0.2, 0) is 11.3 Å². The number of nitriles is 1. The number of carbonyl (C=O) groups excluding carboxylic acids is 1. The number of rotatable bonds is 5. The highest BCUT2D eigenvalue weighted by Crippen LogP contribution is 2.10. The van der Waals surface area contributed by atoms with Crippen LogP contribution in [0.1, 0.15) is 12.5 Å². The van der Waals surface area contributed by atoms with E-state index in [9.17, 15) is 4.79 Å². The van der Waals surface area contributed by atoms with Gasteiger partial charge in [-0.15, -0.1) is 0 Å². The van der Waals surface area contributed by atoms with Crippen LogP contribution >= 0.6 is 0 Å². The van der Waals surface area contributed by atoms with Crippen LogP contribution in [-0.4, -0.2) is 23.4 Å². The molecule has 0 aliphatic heterocycles. The Bertz CT molecular complexity index is 421. The molecule has 0 spiro atoms.